The highest BCUT2D eigenvalue weighted by atomic mass is 16.5. The van der Waals surface area contributed by atoms with E-state index in [1.165, 1.54) is 5.56 Å². The third kappa shape index (κ3) is 5.58. The molecule has 3 rings (SSSR count). The van der Waals surface area contributed by atoms with Crippen LogP contribution in [0.5, 0.6) is 5.75 Å². The van der Waals surface area contributed by atoms with Crippen LogP contribution in [0.1, 0.15) is 23.6 Å². The average molecular weight is 396 g/mol. The van der Waals surface area contributed by atoms with Crippen LogP contribution >= 0.6 is 0 Å². The zero-order valence-electron chi connectivity index (χ0n) is 17.9. The molecule has 29 heavy (non-hydrogen) atoms. The Morgan fingerprint density at radius 3 is 2.31 bits per heavy atom. The van der Waals surface area contributed by atoms with Crippen LogP contribution in [0, 0.1) is 0 Å². The van der Waals surface area contributed by atoms with E-state index < -0.39 is 0 Å². The van der Waals surface area contributed by atoms with Gasteiger partial charge in [0.15, 0.2) is 0 Å². The number of hydrogen-bond donors (Lipinski definition) is 0. The first-order valence-corrected chi connectivity index (χ1v) is 10.4. The lowest BCUT2D eigenvalue weighted by atomic mass is 10.0. The molecular formula is C24H33N3O2. The standard InChI is InChI=1S/C24H33N3O2/c1-25(2)23(21-11-5-4-6-12-21)24(28)27-18-16-26(17-19-27)15-9-13-20-10-7-8-14-22(20)29-3/h4-8,10-12,14,23H,9,13,15-19H2,1-3H3. The Hall–Kier alpha value is -2.37. The molecule has 1 unspecified atom stereocenters. The molecule has 1 aliphatic rings. The smallest absolute Gasteiger partial charge is 0.244 e. The first-order valence-electron chi connectivity index (χ1n) is 10.4. The molecule has 0 aliphatic carbocycles. The Kier molecular flexibility index (Phi) is 7.67. The van der Waals surface area contributed by atoms with Gasteiger partial charge in [-0.05, 0) is 50.7 Å². The van der Waals surface area contributed by atoms with Gasteiger partial charge in [-0.2, -0.15) is 0 Å². The number of rotatable bonds is 8. The molecule has 0 saturated carbocycles. The molecule has 1 atom stereocenters. The Morgan fingerprint density at radius 2 is 1.66 bits per heavy atom. The van der Waals surface area contributed by atoms with E-state index in [2.05, 4.69) is 17.0 Å². The van der Waals surface area contributed by atoms with Gasteiger partial charge in [0.2, 0.25) is 5.91 Å². The summed E-state index contributed by atoms with van der Waals surface area (Å²) in [6.07, 6.45) is 2.11. The zero-order valence-corrected chi connectivity index (χ0v) is 17.9. The van der Waals surface area contributed by atoms with E-state index >= 15 is 0 Å². The summed E-state index contributed by atoms with van der Waals surface area (Å²) in [5.74, 6) is 1.17. The molecule has 1 heterocycles. The number of nitrogens with zero attached hydrogens (tertiary/aromatic N) is 3. The van der Waals surface area contributed by atoms with Crippen molar-refractivity contribution in [2.24, 2.45) is 0 Å². The molecule has 1 fully saturated rings. The Morgan fingerprint density at radius 1 is 1.00 bits per heavy atom. The van der Waals surface area contributed by atoms with Crippen molar-refractivity contribution in [1.29, 1.82) is 0 Å². The predicted octanol–water partition coefficient (Wildman–Crippen LogP) is 3.07. The number of likely N-dealkylation sites (N-methyl/N-ethyl adjacent to an activating group) is 1. The summed E-state index contributed by atoms with van der Waals surface area (Å²) >= 11 is 0. The molecule has 1 saturated heterocycles. The number of aryl methyl sites for hydroxylation is 1. The molecule has 0 N–H and O–H groups in total. The molecule has 0 bridgehead atoms. The van der Waals surface area contributed by atoms with Crippen LogP contribution in [0.2, 0.25) is 0 Å². The van der Waals surface area contributed by atoms with Crippen LogP contribution in [0.4, 0.5) is 0 Å². The fraction of sp³-hybridized carbons (Fsp3) is 0.458. The summed E-state index contributed by atoms with van der Waals surface area (Å²) in [4.78, 5) is 19.7. The van der Waals surface area contributed by atoms with Crippen molar-refractivity contribution in [1.82, 2.24) is 14.7 Å². The van der Waals surface area contributed by atoms with Gasteiger partial charge in [-0.3, -0.25) is 14.6 Å². The van der Waals surface area contributed by atoms with Crippen molar-refractivity contribution >= 4 is 5.91 Å². The van der Waals surface area contributed by atoms with Crippen LogP contribution in [0.3, 0.4) is 0 Å². The number of methoxy groups -OCH3 is 1. The third-order valence-corrected chi connectivity index (χ3v) is 5.66. The second-order valence-electron chi connectivity index (χ2n) is 7.86. The van der Waals surface area contributed by atoms with E-state index in [1.54, 1.807) is 7.11 Å². The van der Waals surface area contributed by atoms with E-state index in [9.17, 15) is 4.79 Å². The lowest BCUT2D eigenvalue weighted by molar-refractivity contribution is -0.138. The van der Waals surface area contributed by atoms with Crippen LogP contribution < -0.4 is 4.74 Å². The Labute approximate surface area is 174 Å². The van der Waals surface area contributed by atoms with Crippen molar-refractivity contribution in [2.45, 2.75) is 18.9 Å². The summed E-state index contributed by atoms with van der Waals surface area (Å²) in [5, 5.41) is 0. The summed E-state index contributed by atoms with van der Waals surface area (Å²) in [5.41, 5.74) is 2.32. The maximum Gasteiger partial charge on any atom is 0.244 e. The van der Waals surface area contributed by atoms with Crippen LogP contribution in [-0.4, -0.2) is 74.5 Å². The molecule has 5 nitrogen and oxygen atoms in total. The number of ether oxygens (including phenoxy) is 1. The van der Waals surface area contributed by atoms with Gasteiger partial charge in [0.25, 0.3) is 0 Å². The van der Waals surface area contributed by atoms with Crippen molar-refractivity contribution in [3.63, 3.8) is 0 Å². The second-order valence-corrected chi connectivity index (χ2v) is 7.86. The Balaban J connectivity index is 1.49. The normalized spacial score (nSPS) is 16.1. The molecule has 156 valence electrons. The largest absolute Gasteiger partial charge is 0.496 e. The molecule has 5 heteroatoms. The lowest BCUT2D eigenvalue weighted by Crippen LogP contribution is -2.51. The number of hydrogen-bond acceptors (Lipinski definition) is 4. The minimum Gasteiger partial charge on any atom is -0.496 e. The van der Waals surface area contributed by atoms with Gasteiger partial charge in [-0.25, -0.2) is 0 Å². The van der Waals surface area contributed by atoms with Crippen molar-refractivity contribution in [3.05, 3.63) is 65.7 Å². The molecule has 2 aromatic rings. The maximum absolute atomic E-state index is 13.2. The second kappa shape index (κ2) is 10.4. The Bertz CT molecular complexity index is 771. The van der Waals surface area contributed by atoms with Gasteiger partial charge >= 0.3 is 0 Å². The quantitative estimate of drug-likeness (QED) is 0.688. The van der Waals surface area contributed by atoms with Gasteiger partial charge in [0, 0.05) is 26.2 Å². The van der Waals surface area contributed by atoms with Crippen molar-refractivity contribution < 1.29 is 9.53 Å². The monoisotopic (exact) mass is 395 g/mol. The topological polar surface area (TPSA) is 36.0 Å². The number of carbonyl (C=O) groups is 1. The summed E-state index contributed by atoms with van der Waals surface area (Å²) in [6.45, 7) is 4.52. The molecular weight excluding hydrogens is 362 g/mol. The van der Waals surface area contributed by atoms with E-state index in [0.29, 0.717) is 0 Å². The van der Waals surface area contributed by atoms with Crippen LogP contribution in [0.15, 0.2) is 54.6 Å². The fourth-order valence-corrected chi connectivity index (χ4v) is 4.06. The van der Waals surface area contributed by atoms with Crippen molar-refractivity contribution in [2.75, 3.05) is 53.9 Å². The van der Waals surface area contributed by atoms with Crippen LogP contribution in [0.25, 0.3) is 0 Å². The third-order valence-electron chi connectivity index (χ3n) is 5.66. The number of carbonyl (C=O) groups excluding carboxylic acids is 1. The number of para-hydroxylation sites is 1. The molecule has 0 radical (unpaired) electrons. The molecule has 1 aliphatic heterocycles. The van der Waals surface area contributed by atoms with Gasteiger partial charge in [0.05, 0.1) is 7.11 Å². The average Bonchev–Trinajstić information content (AvgIpc) is 2.75. The minimum atomic E-state index is -0.215. The fourth-order valence-electron chi connectivity index (χ4n) is 4.06. The van der Waals surface area contributed by atoms with Gasteiger partial charge in [-0.1, -0.05) is 48.5 Å². The summed E-state index contributed by atoms with van der Waals surface area (Å²) in [6, 6.07) is 18.1. The van der Waals surface area contributed by atoms with Gasteiger partial charge in [-0.15, -0.1) is 0 Å². The number of amides is 1. The van der Waals surface area contributed by atoms with Gasteiger partial charge in [0.1, 0.15) is 11.8 Å². The predicted molar refractivity (Wildman–Crippen MR) is 117 cm³/mol. The first-order chi connectivity index (χ1) is 14.1. The van der Waals surface area contributed by atoms with E-state index in [4.69, 9.17) is 4.74 Å². The highest BCUT2D eigenvalue weighted by molar-refractivity contribution is 5.83. The summed E-state index contributed by atoms with van der Waals surface area (Å²) in [7, 11) is 5.68. The molecule has 2 aromatic carbocycles. The van der Waals surface area contributed by atoms with E-state index in [1.807, 2.05) is 66.4 Å². The van der Waals surface area contributed by atoms with Crippen molar-refractivity contribution in [3.8, 4) is 5.75 Å². The number of piperazine rings is 1. The summed E-state index contributed by atoms with van der Waals surface area (Å²) < 4.78 is 5.44. The highest BCUT2D eigenvalue weighted by Gasteiger charge is 2.29. The molecule has 1 amide bonds. The minimum absolute atomic E-state index is 0.204. The number of benzene rings is 2. The van der Waals surface area contributed by atoms with Gasteiger partial charge < -0.3 is 9.64 Å². The molecule has 0 aromatic heterocycles. The first kappa shape index (κ1) is 21.3. The lowest BCUT2D eigenvalue weighted by Gasteiger charge is -2.37. The molecule has 0 spiro atoms. The zero-order chi connectivity index (χ0) is 20.6. The highest BCUT2D eigenvalue weighted by Crippen LogP contribution is 2.22. The SMILES string of the molecule is COc1ccccc1CCCN1CCN(C(=O)C(c2ccccc2)N(C)C)CC1. The van der Waals surface area contributed by atoms with E-state index in [-0.39, 0.29) is 11.9 Å². The van der Waals surface area contributed by atoms with Crippen LogP contribution in [-0.2, 0) is 11.2 Å². The van der Waals surface area contributed by atoms with E-state index in [0.717, 1.165) is 56.9 Å². The maximum atomic E-state index is 13.2.